The Kier molecular flexibility index (Phi) is 4.46. The van der Waals surface area contributed by atoms with Gasteiger partial charge in [-0.05, 0) is 30.7 Å². The number of nitrogens with one attached hydrogen (secondary N) is 2. The van der Waals surface area contributed by atoms with Crippen LogP contribution in [0.3, 0.4) is 0 Å². The van der Waals surface area contributed by atoms with Crippen LogP contribution in [0.2, 0.25) is 0 Å². The van der Waals surface area contributed by atoms with Gasteiger partial charge in [-0.1, -0.05) is 22.0 Å². The summed E-state index contributed by atoms with van der Waals surface area (Å²) in [6.45, 7) is 6.30. The number of hydrogen-bond donors (Lipinski definition) is 2. The minimum atomic E-state index is 0.454. The molecule has 2 rings (SSSR count). The van der Waals surface area contributed by atoms with Crippen LogP contribution in [0.25, 0.3) is 0 Å². The summed E-state index contributed by atoms with van der Waals surface area (Å²) in [5, 5.41) is 14.0. The minimum Gasteiger partial charge on any atom is -0.365 e. The monoisotopic (exact) mass is 319 g/mol. The van der Waals surface area contributed by atoms with Crippen molar-refractivity contribution < 1.29 is 0 Å². The minimum absolute atomic E-state index is 0.454. The van der Waals surface area contributed by atoms with Crippen molar-refractivity contribution in [1.29, 1.82) is 0 Å². The van der Waals surface area contributed by atoms with Gasteiger partial charge < -0.3 is 10.6 Å². The van der Waals surface area contributed by atoms with Crippen LogP contribution in [0.5, 0.6) is 0 Å². The highest BCUT2D eigenvalue weighted by atomic mass is 79.9. The Morgan fingerprint density at radius 1 is 1.42 bits per heavy atom. The average Bonchev–Trinajstić information content (AvgIpc) is 2.41. The Balaban J connectivity index is 2.13. The molecule has 2 N–H and O–H groups in total. The van der Waals surface area contributed by atoms with Crippen molar-refractivity contribution in [1.82, 2.24) is 15.2 Å². The third-order valence-electron chi connectivity index (χ3n) is 2.40. The van der Waals surface area contributed by atoms with E-state index in [1.165, 1.54) is 0 Å². The summed E-state index contributed by atoms with van der Waals surface area (Å²) in [6.07, 6.45) is 3.33. The standard InChI is InChI=1S/C13H14BrN5/c1-3-6-15-12-8-16-19-13(18-12)17-10-4-5-11(14)9(2)7-10/h3-5,7-8H,1,6H2,2H3,(H2,15,17,18,19). The van der Waals surface area contributed by atoms with Crippen LogP contribution in [0.15, 0.2) is 41.5 Å². The first kappa shape index (κ1) is 13.5. The topological polar surface area (TPSA) is 62.7 Å². The van der Waals surface area contributed by atoms with Gasteiger partial charge in [0, 0.05) is 16.7 Å². The first-order valence-electron chi connectivity index (χ1n) is 5.76. The van der Waals surface area contributed by atoms with Crippen LogP contribution >= 0.6 is 15.9 Å². The van der Waals surface area contributed by atoms with Gasteiger partial charge in [0.05, 0.1) is 6.20 Å². The van der Waals surface area contributed by atoms with Crippen molar-refractivity contribution in [2.45, 2.75) is 6.92 Å². The second-order valence-corrected chi connectivity index (χ2v) is 4.78. The van der Waals surface area contributed by atoms with Crippen molar-refractivity contribution in [2.75, 3.05) is 17.2 Å². The summed E-state index contributed by atoms with van der Waals surface area (Å²) >= 11 is 3.46. The Labute approximate surface area is 120 Å². The maximum absolute atomic E-state index is 4.30. The number of anilines is 3. The second kappa shape index (κ2) is 6.29. The molecular formula is C13H14BrN5. The van der Waals surface area contributed by atoms with Gasteiger partial charge in [-0.3, -0.25) is 0 Å². The molecule has 98 valence electrons. The van der Waals surface area contributed by atoms with Crippen LogP contribution < -0.4 is 10.6 Å². The molecule has 0 aliphatic rings. The smallest absolute Gasteiger partial charge is 0.249 e. The summed E-state index contributed by atoms with van der Waals surface area (Å²) in [5.74, 6) is 1.11. The largest absolute Gasteiger partial charge is 0.365 e. The van der Waals surface area contributed by atoms with Crippen molar-refractivity contribution in [3.63, 3.8) is 0 Å². The molecule has 0 aliphatic heterocycles. The molecule has 0 aliphatic carbocycles. The second-order valence-electron chi connectivity index (χ2n) is 3.92. The Morgan fingerprint density at radius 2 is 2.26 bits per heavy atom. The molecule has 0 atom stereocenters. The molecule has 1 aromatic heterocycles. The summed E-state index contributed by atoms with van der Waals surface area (Å²) in [7, 11) is 0. The van der Waals surface area contributed by atoms with Gasteiger partial charge in [-0.25, -0.2) is 0 Å². The van der Waals surface area contributed by atoms with E-state index in [0.29, 0.717) is 18.3 Å². The van der Waals surface area contributed by atoms with E-state index >= 15 is 0 Å². The summed E-state index contributed by atoms with van der Waals surface area (Å²) in [4.78, 5) is 4.30. The Morgan fingerprint density at radius 3 is 3.00 bits per heavy atom. The fourth-order valence-electron chi connectivity index (χ4n) is 1.47. The van der Waals surface area contributed by atoms with Gasteiger partial charge in [-0.15, -0.1) is 11.7 Å². The van der Waals surface area contributed by atoms with E-state index in [1.54, 1.807) is 12.3 Å². The lowest BCUT2D eigenvalue weighted by molar-refractivity contribution is 0.976. The third kappa shape index (κ3) is 3.75. The third-order valence-corrected chi connectivity index (χ3v) is 3.29. The number of nitrogens with zero attached hydrogens (tertiary/aromatic N) is 3. The Hall–Kier alpha value is -1.95. The van der Waals surface area contributed by atoms with Crippen LogP contribution in [-0.2, 0) is 0 Å². The van der Waals surface area contributed by atoms with Gasteiger partial charge in [0.1, 0.15) is 0 Å². The van der Waals surface area contributed by atoms with Crippen molar-refractivity contribution >= 4 is 33.4 Å². The fourth-order valence-corrected chi connectivity index (χ4v) is 1.72. The fraction of sp³-hybridized carbons (Fsp3) is 0.154. The normalized spacial score (nSPS) is 10.0. The number of benzene rings is 1. The maximum Gasteiger partial charge on any atom is 0.249 e. The maximum atomic E-state index is 4.30. The molecule has 5 nitrogen and oxygen atoms in total. The van der Waals surface area contributed by atoms with Crippen LogP contribution in [-0.4, -0.2) is 21.7 Å². The van der Waals surface area contributed by atoms with Crippen LogP contribution in [0.1, 0.15) is 5.56 Å². The number of rotatable bonds is 5. The van der Waals surface area contributed by atoms with E-state index in [-0.39, 0.29) is 0 Å². The van der Waals surface area contributed by atoms with Crippen LogP contribution in [0.4, 0.5) is 17.5 Å². The highest BCUT2D eigenvalue weighted by molar-refractivity contribution is 9.10. The molecule has 1 aromatic carbocycles. The summed E-state index contributed by atoms with van der Waals surface area (Å²) in [5.41, 5.74) is 2.06. The summed E-state index contributed by atoms with van der Waals surface area (Å²) in [6, 6.07) is 5.94. The lowest BCUT2D eigenvalue weighted by atomic mass is 10.2. The van der Waals surface area contributed by atoms with Crippen molar-refractivity contribution in [3.05, 3.63) is 47.1 Å². The van der Waals surface area contributed by atoms with Gasteiger partial charge in [0.15, 0.2) is 5.82 Å². The molecule has 6 heteroatoms. The van der Waals surface area contributed by atoms with E-state index < -0.39 is 0 Å². The molecule has 0 saturated heterocycles. The molecular weight excluding hydrogens is 306 g/mol. The molecule has 2 aromatic rings. The predicted molar refractivity (Wildman–Crippen MR) is 80.7 cm³/mol. The summed E-state index contributed by atoms with van der Waals surface area (Å²) < 4.78 is 1.07. The average molecular weight is 320 g/mol. The van der Waals surface area contributed by atoms with Crippen molar-refractivity contribution in [3.8, 4) is 0 Å². The van der Waals surface area contributed by atoms with Crippen molar-refractivity contribution in [2.24, 2.45) is 0 Å². The van der Waals surface area contributed by atoms with E-state index in [9.17, 15) is 0 Å². The molecule has 0 bridgehead atoms. The number of hydrogen-bond acceptors (Lipinski definition) is 5. The zero-order valence-electron chi connectivity index (χ0n) is 10.5. The van der Waals surface area contributed by atoms with Gasteiger partial charge >= 0.3 is 0 Å². The molecule has 0 radical (unpaired) electrons. The zero-order valence-corrected chi connectivity index (χ0v) is 12.1. The van der Waals surface area contributed by atoms with Gasteiger partial charge in [0.2, 0.25) is 5.95 Å². The quantitative estimate of drug-likeness (QED) is 0.828. The number of aromatic nitrogens is 3. The lowest BCUT2D eigenvalue weighted by Crippen LogP contribution is -2.05. The molecule has 0 spiro atoms. The first-order valence-corrected chi connectivity index (χ1v) is 6.56. The zero-order chi connectivity index (χ0) is 13.7. The molecule has 0 saturated carbocycles. The Bertz CT molecular complexity index is 585. The highest BCUT2D eigenvalue weighted by Crippen LogP contribution is 2.21. The van der Waals surface area contributed by atoms with Crippen LogP contribution in [0, 0.1) is 6.92 Å². The van der Waals surface area contributed by atoms with E-state index in [2.05, 4.69) is 48.3 Å². The first-order chi connectivity index (χ1) is 9.19. The van der Waals surface area contributed by atoms with E-state index in [1.807, 2.05) is 25.1 Å². The molecule has 0 amide bonds. The van der Waals surface area contributed by atoms with E-state index in [0.717, 1.165) is 15.7 Å². The number of aryl methyl sites for hydroxylation is 1. The highest BCUT2D eigenvalue weighted by Gasteiger charge is 2.02. The molecule has 1 heterocycles. The van der Waals surface area contributed by atoms with Gasteiger partial charge in [-0.2, -0.15) is 10.1 Å². The molecule has 0 fully saturated rings. The molecule has 0 unspecified atom stereocenters. The number of halogens is 1. The molecule has 19 heavy (non-hydrogen) atoms. The van der Waals surface area contributed by atoms with E-state index in [4.69, 9.17) is 0 Å². The predicted octanol–water partition coefficient (Wildman–Crippen LogP) is 3.28. The van der Waals surface area contributed by atoms with Gasteiger partial charge in [0.25, 0.3) is 0 Å². The lowest BCUT2D eigenvalue weighted by Gasteiger charge is -2.07. The SMILES string of the molecule is C=CCNc1cnnc(Nc2ccc(Br)c(C)c2)n1.